The number of carboxylic acids is 1. The average molecular weight is 358 g/mol. The van der Waals surface area contributed by atoms with E-state index in [1.807, 2.05) is 0 Å². The topological polar surface area (TPSA) is 83.5 Å². The van der Waals surface area contributed by atoms with Gasteiger partial charge in [-0.3, -0.25) is 4.79 Å². The van der Waals surface area contributed by atoms with E-state index in [1.54, 1.807) is 13.8 Å². The first-order chi connectivity index (χ1) is 9.56. The second-order valence-corrected chi connectivity index (χ2v) is 7.21. The largest absolute Gasteiger partial charge is 0.481 e. The average Bonchev–Trinajstić information content (AvgIpc) is 2.33. The van der Waals surface area contributed by atoms with Gasteiger partial charge in [-0.1, -0.05) is 37.0 Å². The molecule has 0 aliphatic rings. The Balaban J connectivity index is 3.17. The first kappa shape index (κ1) is 18.2. The number of rotatable bonds is 6. The van der Waals surface area contributed by atoms with Crippen molar-refractivity contribution in [3.8, 4) is 0 Å². The quantitative estimate of drug-likeness (QED) is 0.766. The number of halogens is 3. The maximum atomic E-state index is 13.6. The van der Waals surface area contributed by atoms with E-state index < -0.39 is 44.2 Å². The van der Waals surface area contributed by atoms with Gasteiger partial charge in [0.2, 0.25) is 10.0 Å². The molecule has 2 N–H and O–H groups in total. The lowest BCUT2D eigenvalue weighted by atomic mass is 10.0. The second kappa shape index (κ2) is 6.91. The molecule has 0 saturated carbocycles. The predicted octanol–water partition coefficient (Wildman–Crippen LogP) is 2.91. The Morgan fingerprint density at radius 2 is 1.95 bits per heavy atom. The third kappa shape index (κ3) is 4.54. The number of carbonyl (C=O) groups is 1. The van der Waals surface area contributed by atoms with Gasteiger partial charge in [-0.05, 0) is 18.1 Å². The summed E-state index contributed by atoms with van der Waals surface area (Å²) in [5.74, 6) is -2.46. The van der Waals surface area contributed by atoms with E-state index in [1.165, 1.54) is 0 Å². The highest BCUT2D eigenvalue weighted by Crippen LogP contribution is 2.29. The molecule has 0 aliphatic heterocycles. The Kier molecular flexibility index (Phi) is 5.98. The number of benzene rings is 1. The highest BCUT2D eigenvalue weighted by molar-refractivity contribution is 7.89. The van der Waals surface area contributed by atoms with Crippen molar-refractivity contribution in [2.75, 3.05) is 0 Å². The summed E-state index contributed by atoms with van der Waals surface area (Å²) in [7, 11) is -4.16. The fraction of sp³-hybridized carbons (Fsp3) is 0.417. The number of carboxylic acid groups (broad SMARTS) is 1. The van der Waals surface area contributed by atoms with Gasteiger partial charge in [-0.15, -0.1) is 0 Å². The summed E-state index contributed by atoms with van der Waals surface area (Å²) in [6, 6.07) is 1.29. The van der Waals surface area contributed by atoms with Gasteiger partial charge < -0.3 is 5.11 Å². The smallest absolute Gasteiger partial charge is 0.304 e. The van der Waals surface area contributed by atoms with Crippen LogP contribution in [0.25, 0.3) is 0 Å². The highest BCUT2D eigenvalue weighted by Gasteiger charge is 2.27. The molecule has 0 aromatic heterocycles. The van der Waals surface area contributed by atoms with Gasteiger partial charge in [0, 0.05) is 6.04 Å². The second-order valence-electron chi connectivity index (χ2n) is 4.74. The predicted molar refractivity (Wildman–Crippen MR) is 77.6 cm³/mol. The van der Waals surface area contributed by atoms with Crippen molar-refractivity contribution in [3.05, 3.63) is 28.0 Å². The van der Waals surface area contributed by atoms with E-state index in [4.69, 9.17) is 28.3 Å². The van der Waals surface area contributed by atoms with Crippen molar-refractivity contribution in [1.82, 2.24) is 4.72 Å². The van der Waals surface area contributed by atoms with Crippen LogP contribution in [0.1, 0.15) is 20.3 Å². The molecule has 0 spiro atoms. The molecule has 0 saturated heterocycles. The van der Waals surface area contributed by atoms with E-state index >= 15 is 0 Å². The van der Waals surface area contributed by atoms with Crippen molar-refractivity contribution in [3.63, 3.8) is 0 Å². The normalized spacial score (nSPS) is 13.4. The van der Waals surface area contributed by atoms with Crippen LogP contribution >= 0.6 is 23.2 Å². The van der Waals surface area contributed by atoms with Crippen LogP contribution in [0.4, 0.5) is 4.39 Å². The minimum absolute atomic E-state index is 0.271. The van der Waals surface area contributed by atoms with Crippen molar-refractivity contribution in [2.45, 2.75) is 31.2 Å². The molecule has 0 fully saturated rings. The van der Waals surface area contributed by atoms with E-state index in [9.17, 15) is 17.6 Å². The molecule has 0 aliphatic carbocycles. The number of aliphatic carboxylic acids is 1. The van der Waals surface area contributed by atoms with E-state index in [0.29, 0.717) is 0 Å². The lowest BCUT2D eigenvalue weighted by Gasteiger charge is -2.21. The van der Waals surface area contributed by atoms with Gasteiger partial charge in [0.05, 0.1) is 16.5 Å². The number of hydrogen-bond donors (Lipinski definition) is 2. The Morgan fingerprint density at radius 3 is 2.43 bits per heavy atom. The van der Waals surface area contributed by atoms with Gasteiger partial charge >= 0.3 is 5.97 Å². The molecule has 21 heavy (non-hydrogen) atoms. The minimum Gasteiger partial charge on any atom is -0.481 e. The molecular weight excluding hydrogens is 344 g/mol. The summed E-state index contributed by atoms with van der Waals surface area (Å²) in [6.45, 7) is 3.33. The van der Waals surface area contributed by atoms with Crippen molar-refractivity contribution in [1.29, 1.82) is 0 Å². The number of hydrogen-bond acceptors (Lipinski definition) is 3. The Morgan fingerprint density at radius 1 is 1.38 bits per heavy atom. The molecule has 0 heterocycles. The van der Waals surface area contributed by atoms with Crippen molar-refractivity contribution >= 4 is 39.2 Å². The van der Waals surface area contributed by atoms with Crippen LogP contribution in [0.15, 0.2) is 17.0 Å². The van der Waals surface area contributed by atoms with Crippen LogP contribution in [0.5, 0.6) is 0 Å². The number of sulfonamides is 1. The summed E-state index contributed by atoms with van der Waals surface area (Å²) in [6.07, 6.45) is -0.398. The Labute approximate surface area is 132 Å². The van der Waals surface area contributed by atoms with Crippen LogP contribution in [-0.4, -0.2) is 25.5 Å². The first-order valence-electron chi connectivity index (χ1n) is 5.94. The molecule has 118 valence electrons. The zero-order valence-electron chi connectivity index (χ0n) is 11.2. The Hall–Kier alpha value is -0.890. The van der Waals surface area contributed by atoms with E-state index in [-0.39, 0.29) is 10.9 Å². The summed E-state index contributed by atoms with van der Waals surface area (Å²) in [5, 5.41) is 7.86. The molecule has 1 aromatic rings. The summed E-state index contributed by atoms with van der Waals surface area (Å²) in [5.41, 5.74) is 0. The highest BCUT2D eigenvalue weighted by atomic mass is 35.5. The summed E-state index contributed by atoms with van der Waals surface area (Å²) < 4.78 is 40.2. The van der Waals surface area contributed by atoms with Gasteiger partial charge in [0.15, 0.2) is 5.82 Å². The van der Waals surface area contributed by atoms with Crippen molar-refractivity contribution < 1.29 is 22.7 Å². The third-order valence-electron chi connectivity index (χ3n) is 2.80. The monoisotopic (exact) mass is 357 g/mol. The first-order valence-corrected chi connectivity index (χ1v) is 8.17. The lowest BCUT2D eigenvalue weighted by Crippen LogP contribution is -2.40. The summed E-state index contributed by atoms with van der Waals surface area (Å²) >= 11 is 11.2. The Bertz CT molecular complexity index is 649. The third-order valence-corrected chi connectivity index (χ3v) is 5.10. The van der Waals surface area contributed by atoms with Crippen LogP contribution in [-0.2, 0) is 14.8 Å². The van der Waals surface area contributed by atoms with Gasteiger partial charge in [0.1, 0.15) is 4.90 Å². The molecule has 1 aromatic carbocycles. The molecular formula is C12H14Cl2FNO4S. The fourth-order valence-corrected chi connectivity index (χ4v) is 3.71. The van der Waals surface area contributed by atoms with Gasteiger partial charge in [-0.25, -0.2) is 17.5 Å². The minimum atomic E-state index is -4.16. The molecule has 9 heteroatoms. The van der Waals surface area contributed by atoms with Crippen LogP contribution in [0.2, 0.25) is 10.0 Å². The van der Waals surface area contributed by atoms with Crippen LogP contribution in [0, 0.1) is 11.7 Å². The van der Waals surface area contributed by atoms with Gasteiger partial charge in [0.25, 0.3) is 0 Å². The van der Waals surface area contributed by atoms with Crippen molar-refractivity contribution in [2.24, 2.45) is 5.92 Å². The van der Waals surface area contributed by atoms with E-state index in [0.717, 1.165) is 12.1 Å². The molecule has 1 atom stereocenters. The van der Waals surface area contributed by atoms with Crippen LogP contribution in [0.3, 0.4) is 0 Å². The molecule has 1 rings (SSSR count). The zero-order chi connectivity index (χ0) is 16.4. The standard InChI is InChI=1S/C12H14Cl2FNO4S/c1-6(2)8(5-10(17)18)16-21(19,20)9-4-3-7(13)12(15)11(9)14/h3-4,6,8,16H,5H2,1-2H3,(H,17,18). The molecule has 5 nitrogen and oxygen atoms in total. The molecule has 1 unspecified atom stereocenters. The zero-order valence-corrected chi connectivity index (χ0v) is 13.6. The maximum Gasteiger partial charge on any atom is 0.304 e. The number of nitrogens with one attached hydrogen (secondary N) is 1. The van der Waals surface area contributed by atoms with Gasteiger partial charge in [-0.2, -0.15) is 0 Å². The maximum absolute atomic E-state index is 13.6. The lowest BCUT2D eigenvalue weighted by molar-refractivity contribution is -0.137. The fourth-order valence-electron chi connectivity index (χ4n) is 1.58. The summed E-state index contributed by atoms with van der Waals surface area (Å²) in [4.78, 5) is 10.3. The van der Waals surface area contributed by atoms with E-state index in [2.05, 4.69) is 4.72 Å². The molecule has 0 bridgehead atoms. The molecule has 0 amide bonds. The SMILES string of the molecule is CC(C)C(CC(=O)O)NS(=O)(=O)c1ccc(Cl)c(F)c1Cl. The molecule has 0 radical (unpaired) electrons. The van der Waals surface area contributed by atoms with Crippen LogP contribution < -0.4 is 4.72 Å².